The number of nitrogens with zero attached hydrogens (tertiary/aromatic N) is 5. The number of hydrogen-bond donors (Lipinski definition) is 3. The number of anilines is 3. The fourth-order valence-electron chi connectivity index (χ4n) is 5.48. The van der Waals surface area contributed by atoms with Crippen LogP contribution in [0.2, 0.25) is 0 Å². The van der Waals surface area contributed by atoms with Gasteiger partial charge in [0.15, 0.2) is 5.82 Å². The van der Waals surface area contributed by atoms with E-state index in [0.717, 1.165) is 57.0 Å². The molecule has 9 nitrogen and oxygen atoms in total. The van der Waals surface area contributed by atoms with Crippen molar-refractivity contribution in [2.45, 2.75) is 50.5 Å². The SMILES string of the molecule is CN(c1nccc(Nc2cc(C3CC3)[nH]n2)n1)C1CCN(C(=O)NCC2Cc3ccccc3C2)CC1. The van der Waals surface area contributed by atoms with Crippen molar-refractivity contribution in [2.75, 3.05) is 36.9 Å². The molecule has 3 aromatic rings. The van der Waals surface area contributed by atoms with E-state index in [0.29, 0.717) is 23.8 Å². The van der Waals surface area contributed by atoms with Crippen molar-refractivity contribution in [1.29, 1.82) is 0 Å². The van der Waals surface area contributed by atoms with E-state index in [4.69, 9.17) is 4.98 Å². The molecule has 2 aliphatic carbocycles. The van der Waals surface area contributed by atoms with Crippen molar-refractivity contribution in [3.05, 3.63) is 59.4 Å². The number of likely N-dealkylation sites (tertiary alicyclic amines) is 1. The number of benzene rings is 1. The number of aromatic nitrogens is 4. The predicted octanol–water partition coefficient (Wildman–Crippen LogP) is 3.85. The minimum Gasteiger partial charge on any atom is -0.341 e. The van der Waals surface area contributed by atoms with E-state index in [9.17, 15) is 4.79 Å². The molecule has 0 radical (unpaired) electrons. The van der Waals surface area contributed by atoms with Gasteiger partial charge in [-0.3, -0.25) is 5.10 Å². The van der Waals surface area contributed by atoms with Gasteiger partial charge in [-0.1, -0.05) is 24.3 Å². The number of amides is 2. The molecule has 6 rings (SSSR count). The second-order valence-electron chi connectivity index (χ2n) is 10.4. The van der Waals surface area contributed by atoms with Crippen LogP contribution in [0.25, 0.3) is 0 Å². The lowest BCUT2D eigenvalue weighted by Gasteiger charge is -2.36. The highest BCUT2D eigenvalue weighted by Gasteiger charge is 2.28. The van der Waals surface area contributed by atoms with Crippen molar-refractivity contribution in [1.82, 2.24) is 30.4 Å². The highest BCUT2D eigenvalue weighted by molar-refractivity contribution is 5.74. The number of piperidine rings is 1. The Labute approximate surface area is 211 Å². The Hall–Kier alpha value is -3.62. The van der Waals surface area contributed by atoms with Gasteiger partial charge in [0.1, 0.15) is 5.82 Å². The molecule has 3 aliphatic rings. The molecule has 3 heterocycles. The average Bonchev–Trinajstić information content (AvgIpc) is 3.51. The van der Waals surface area contributed by atoms with Gasteiger partial charge in [0, 0.05) is 56.6 Å². The topological polar surface area (TPSA) is 102 Å². The first kappa shape index (κ1) is 22.8. The molecule has 0 unspecified atom stereocenters. The smallest absolute Gasteiger partial charge is 0.317 e. The molecule has 0 spiro atoms. The molecule has 1 aromatic carbocycles. The lowest BCUT2D eigenvalue weighted by molar-refractivity contribution is 0.179. The molecule has 1 saturated heterocycles. The zero-order chi connectivity index (χ0) is 24.5. The Morgan fingerprint density at radius 2 is 1.83 bits per heavy atom. The average molecular weight is 487 g/mol. The highest BCUT2D eigenvalue weighted by atomic mass is 16.2. The summed E-state index contributed by atoms with van der Waals surface area (Å²) in [7, 11) is 2.04. The zero-order valence-electron chi connectivity index (χ0n) is 20.8. The largest absolute Gasteiger partial charge is 0.341 e. The van der Waals surface area contributed by atoms with E-state index >= 15 is 0 Å². The second kappa shape index (κ2) is 9.79. The molecule has 188 valence electrons. The number of fused-ring (bicyclic) bond motifs is 1. The van der Waals surface area contributed by atoms with Crippen LogP contribution in [-0.2, 0) is 12.8 Å². The first-order valence-corrected chi connectivity index (χ1v) is 13.1. The van der Waals surface area contributed by atoms with Crippen molar-refractivity contribution in [3.63, 3.8) is 0 Å². The summed E-state index contributed by atoms with van der Waals surface area (Å²) in [6, 6.07) is 12.9. The molecule has 1 aliphatic heterocycles. The van der Waals surface area contributed by atoms with Crippen LogP contribution in [-0.4, -0.2) is 63.8 Å². The lowest BCUT2D eigenvalue weighted by Crippen LogP contribution is -2.49. The molecule has 2 aromatic heterocycles. The Balaban J connectivity index is 0.980. The summed E-state index contributed by atoms with van der Waals surface area (Å²) in [6.07, 6.45) is 8.14. The van der Waals surface area contributed by atoms with E-state index in [1.165, 1.54) is 29.7 Å². The van der Waals surface area contributed by atoms with Gasteiger partial charge < -0.3 is 20.4 Å². The molecule has 2 amide bonds. The Morgan fingerprint density at radius 3 is 2.56 bits per heavy atom. The molecule has 3 N–H and O–H groups in total. The summed E-state index contributed by atoms with van der Waals surface area (Å²) in [5.74, 6) is 3.32. The predicted molar refractivity (Wildman–Crippen MR) is 140 cm³/mol. The maximum Gasteiger partial charge on any atom is 0.317 e. The van der Waals surface area contributed by atoms with Crippen LogP contribution in [0.4, 0.5) is 22.4 Å². The van der Waals surface area contributed by atoms with E-state index in [1.807, 2.05) is 18.0 Å². The highest BCUT2D eigenvalue weighted by Crippen LogP contribution is 2.39. The zero-order valence-corrected chi connectivity index (χ0v) is 20.8. The van der Waals surface area contributed by atoms with Gasteiger partial charge in [-0.05, 0) is 61.6 Å². The summed E-state index contributed by atoms with van der Waals surface area (Å²) < 4.78 is 0. The first-order chi connectivity index (χ1) is 17.6. The third-order valence-electron chi connectivity index (χ3n) is 7.81. The molecule has 2 fully saturated rings. The summed E-state index contributed by atoms with van der Waals surface area (Å²) in [4.78, 5) is 26.1. The molecular weight excluding hydrogens is 452 g/mol. The van der Waals surface area contributed by atoms with E-state index in [-0.39, 0.29) is 6.03 Å². The number of rotatable bonds is 7. The van der Waals surface area contributed by atoms with Gasteiger partial charge in [-0.15, -0.1) is 0 Å². The first-order valence-electron chi connectivity index (χ1n) is 13.1. The fraction of sp³-hybridized carbons (Fsp3) is 0.481. The van der Waals surface area contributed by atoms with Crippen molar-refractivity contribution < 1.29 is 4.79 Å². The lowest BCUT2D eigenvalue weighted by atomic mass is 10.0. The molecule has 9 heteroatoms. The maximum absolute atomic E-state index is 12.8. The summed E-state index contributed by atoms with van der Waals surface area (Å²) in [5.41, 5.74) is 4.04. The van der Waals surface area contributed by atoms with Crippen molar-refractivity contribution in [2.24, 2.45) is 5.92 Å². The number of hydrogen-bond acceptors (Lipinski definition) is 6. The van der Waals surface area contributed by atoms with Gasteiger partial charge >= 0.3 is 6.03 Å². The quantitative estimate of drug-likeness (QED) is 0.469. The third kappa shape index (κ3) is 5.01. The molecule has 36 heavy (non-hydrogen) atoms. The molecular formula is C27H34N8O. The summed E-state index contributed by atoms with van der Waals surface area (Å²) in [5, 5.41) is 13.9. The minimum atomic E-state index is 0.0547. The fourth-order valence-corrected chi connectivity index (χ4v) is 5.48. The van der Waals surface area contributed by atoms with E-state index in [2.05, 4.69) is 61.0 Å². The second-order valence-corrected chi connectivity index (χ2v) is 10.4. The van der Waals surface area contributed by atoms with Gasteiger partial charge in [0.05, 0.1) is 0 Å². The van der Waals surface area contributed by atoms with E-state index < -0.39 is 0 Å². The third-order valence-corrected chi connectivity index (χ3v) is 7.81. The van der Waals surface area contributed by atoms with Crippen molar-refractivity contribution >= 4 is 23.6 Å². The van der Waals surface area contributed by atoms with Crippen LogP contribution in [0.1, 0.15) is 48.4 Å². The number of carbonyl (C=O) groups is 1. The van der Waals surface area contributed by atoms with Crippen LogP contribution >= 0.6 is 0 Å². The van der Waals surface area contributed by atoms with Gasteiger partial charge in [0.25, 0.3) is 0 Å². The normalized spacial score (nSPS) is 18.2. The van der Waals surface area contributed by atoms with Crippen LogP contribution in [0.3, 0.4) is 0 Å². The molecule has 0 atom stereocenters. The van der Waals surface area contributed by atoms with Crippen LogP contribution in [0.5, 0.6) is 0 Å². The Kier molecular flexibility index (Phi) is 6.21. The standard InChI is InChI=1S/C27H34N8O/c1-34(26-28-11-8-24(31-26)30-25-16-23(32-33-25)19-6-7-19)22-9-12-35(13-10-22)27(36)29-17-18-14-20-4-2-3-5-21(20)15-18/h2-5,8,11,16,18-19,22H,6-7,9-10,12-15,17H2,1H3,(H,29,36)(H2,28,30,31,32,33). The molecule has 1 saturated carbocycles. The number of H-pyrrole nitrogens is 1. The van der Waals surface area contributed by atoms with Gasteiger partial charge in [-0.2, -0.15) is 10.1 Å². The van der Waals surface area contributed by atoms with Crippen LogP contribution in [0.15, 0.2) is 42.6 Å². The van der Waals surface area contributed by atoms with Gasteiger partial charge in [-0.25, -0.2) is 9.78 Å². The Bertz CT molecular complexity index is 1190. The maximum atomic E-state index is 12.8. The molecule has 0 bridgehead atoms. The summed E-state index contributed by atoms with van der Waals surface area (Å²) >= 11 is 0. The van der Waals surface area contributed by atoms with E-state index in [1.54, 1.807) is 6.20 Å². The minimum absolute atomic E-state index is 0.0547. The Morgan fingerprint density at radius 1 is 1.08 bits per heavy atom. The number of nitrogens with one attached hydrogen (secondary N) is 3. The van der Waals surface area contributed by atoms with Gasteiger partial charge in [0.2, 0.25) is 5.95 Å². The van der Waals surface area contributed by atoms with Crippen LogP contribution < -0.4 is 15.5 Å². The summed E-state index contributed by atoms with van der Waals surface area (Å²) in [6.45, 7) is 2.21. The monoisotopic (exact) mass is 486 g/mol. The van der Waals surface area contributed by atoms with Crippen molar-refractivity contribution in [3.8, 4) is 0 Å². The number of urea groups is 1. The number of aromatic amines is 1. The number of carbonyl (C=O) groups excluding carboxylic acids is 1. The van der Waals surface area contributed by atoms with Crippen LogP contribution in [0, 0.1) is 5.92 Å².